The van der Waals surface area contributed by atoms with Crippen molar-refractivity contribution in [3.63, 3.8) is 0 Å². The summed E-state index contributed by atoms with van der Waals surface area (Å²) in [5, 5.41) is 3.03. The molecule has 0 radical (unpaired) electrons. The van der Waals surface area contributed by atoms with Crippen LogP contribution in [0.25, 0.3) is 0 Å². The smallest absolute Gasteiger partial charge is 0.790 e. The van der Waals surface area contributed by atoms with Gasteiger partial charge in [-0.15, -0.1) is 0 Å². The summed E-state index contributed by atoms with van der Waals surface area (Å²) in [6, 6.07) is 15.8. The average Bonchev–Trinajstić information content (AvgIpc) is 3.06. The molecule has 2 rings (SSSR count). The average molecular weight is 754 g/mol. The van der Waals surface area contributed by atoms with Gasteiger partial charge >= 0.3 is 66.9 Å². The van der Waals surface area contributed by atoms with Crippen LogP contribution < -0.4 is 78.5 Å². The van der Waals surface area contributed by atoms with Gasteiger partial charge in [-0.1, -0.05) is 141 Å². The second kappa shape index (κ2) is 31.7. The molecular formula is C38H63NNa2O7P2. The van der Waals surface area contributed by atoms with Crippen molar-refractivity contribution < 1.29 is 91.6 Å². The minimum atomic E-state index is -4.94. The summed E-state index contributed by atoms with van der Waals surface area (Å²) < 4.78 is 40.7. The van der Waals surface area contributed by atoms with E-state index < -0.39 is 15.6 Å². The molecule has 50 heavy (non-hydrogen) atoms. The summed E-state index contributed by atoms with van der Waals surface area (Å²) in [6.45, 7) is 4.56. The van der Waals surface area contributed by atoms with Crippen LogP contribution in [0.3, 0.4) is 0 Å². The molecule has 2 aromatic rings. The van der Waals surface area contributed by atoms with Crippen molar-refractivity contribution in [1.29, 1.82) is 0 Å². The van der Waals surface area contributed by atoms with Crippen molar-refractivity contribution >= 4 is 21.3 Å². The molecule has 0 amide bonds. The molecule has 0 saturated carbocycles. The minimum Gasteiger partial charge on any atom is -0.790 e. The third-order valence-electron chi connectivity index (χ3n) is 8.56. The van der Waals surface area contributed by atoms with Crippen molar-refractivity contribution in [3.05, 3.63) is 59.7 Å². The van der Waals surface area contributed by atoms with E-state index in [0.29, 0.717) is 37.1 Å². The molecule has 1 unspecified atom stereocenters. The fourth-order valence-corrected chi connectivity index (χ4v) is 7.44. The van der Waals surface area contributed by atoms with Crippen molar-refractivity contribution in [1.82, 2.24) is 0 Å². The zero-order valence-corrected chi connectivity index (χ0v) is 37.6. The van der Waals surface area contributed by atoms with Gasteiger partial charge in [-0.25, -0.2) is 4.57 Å². The molecule has 1 N–H and O–H groups in total. The van der Waals surface area contributed by atoms with Gasteiger partial charge in [0.2, 0.25) is 0 Å². The molecule has 8 nitrogen and oxygen atoms in total. The minimum absolute atomic E-state index is 0. The van der Waals surface area contributed by atoms with Crippen LogP contribution >= 0.6 is 15.6 Å². The Bertz CT molecular complexity index is 1170. The molecule has 0 spiro atoms. The summed E-state index contributed by atoms with van der Waals surface area (Å²) in [5.41, 5.74) is 3.15. The first-order valence-electron chi connectivity index (χ1n) is 18.8. The van der Waals surface area contributed by atoms with E-state index in [2.05, 4.69) is 35.6 Å². The predicted molar refractivity (Wildman–Crippen MR) is 195 cm³/mol. The van der Waals surface area contributed by atoms with Crippen LogP contribution in [0.1, 0.15) is 153 Å². The molecule has 0 fully saturated rings. The Morgan fingerprint density at radius 2 is 0.900 bits per heavy atom. The SMILES string of the molecule is CCCCCCCCCCCCc1ccc(OP(=O)(Nc2ccc(CCCCCCCC)cc2)OCCCCCCOP(=O)([O-])[O-])cc1.[Na+].[Na+]. The van der Waals surface area contributed by atoms with Gasteiger partial charge in [0, 0.05) is 5.69 Å². The second-order valence-corrected chi connectivity index (χ2v) is 15.8. The largest absolute Gasteiger partial charge is 1.00 e. The molecule has 0 aromatic heterocycles. The van der Waals surface area contributed by atoms with Crippen LogP contribution in [-0.2, 0) is 31.0 Å². The van der Waals surface area contributed by atoms with Crippen LogP contribution in [0.5, 0.6) is 5.75 Å². The van der Waals surface area contributed by atoms with Gasteiger partial charge in [0.1, 0.15) is 5.75 Å². The van der Waals surface area contributed by atoms with Gasteiger partial charge in [0.15, 0.2) is 0 Å². The van der Waals surface area contributed by atoms with Crippen molar-refractivity contribution in [2.45, 2.75) is 155 Å². The summed E-state index contributed by atoms with van der Waals surface area (Å²) in [5.74, 6) is 0.481. The predicted octanol–water partition coefficient (Wildman–Crippen LogP) is 5.08. The number of nitrogens with one attached hydrogen (secondary N) is 1. The Balaban J connectivity index is 0.0000120. The van der Waals surface area contributed by atoms with E-state index in [-0.39, 0.29) is 72.3 Å². The maximum Gasteiger partial charge on any atom is 1.00 e. The molecule has 12 heteroatoms. The molecular weight excluding hydrogens is 690 g/mol. The number of hydrogen-bond acceptors (Lipinski definition) is 7. The van der Waals surface area contributed by atoms with Crippen LogP contribution in [-0.4, -0.2) is 13.2 Å². The number of unbranched alkanes of at least 4 members (excludes halogenated alkanes) is 17. The van der Waals surface area contributed by atoms with E-state index in [4.69, 9.17) is 9.05 Å². The number of phosphoric ester groups is 1. The molecule has 274 valence electrons. The molecule has 1 atom stereocenters. The summed E-state index contributed by atoms with van der Waals surface area (Å²) >= 11 is 0. The van der Waals surface area contributed by atoms with E-state index in [0.717, 1.165) is 25.7 Å². The molecule has 0 aliphatic heterocycles. The second-order valence-electron chi connectivity index (χ2n) is 13.0. The van der Waals surface area contributed by atoms with Gasteiger partial charge in [0.25, 0.3) is 0 Å². The summed E-state index contributed by atoms with van der Waals surface area (Å²) in [4.78, 5) is 21.2. The maximum atomic E-state index is 14.0. The van der Waals surface area contributed by atoms with Crippen LogP contribution in [0.2, 0.25) is 0 Å². The van der Waals surface area contributed by atoms with Gasteiger partial charge < -0.3 is 23.4 Å². The molecule has 2 aromatic carbocycles. The summed E-state index contributed by atoms with van der Waals surface area (Å²) in [6.07, 6.45) is 25.1. The Kier molecular flexibility index (Phi) is 31.9. The van der Waals surface area contributed by atoms with Crippen LogP contribution in [0.4, 0.5) is 5.69 Å². The van der Waals surface area contributed by atoms with E-state index in [1.165, 1.54) is 101 Å². The number of aryl methyl sites for hydroxylation is 2. The van der Waals surface area contributed by atoms with Crippen molar-refractivity contribution in [2.24, 2.45) is 0 Å². The van der Waals surface area contributed by atoms with Gasteiger partial charge in [-0.2, -0.15) is 0 Å². The van der Waals surface area contributed by atoms with Gasteiger partial charge in [0.05, 0.1) is 21.0 Å². The van der Waals surface area contributed by atoms with E-state index >= 15 is 0 Å². The maximum absolute atomic E-state index is 14.0. The molecule has 0 saturated heterocycles. The third-order valence-corrected chi connectivity index (χ3v) is 10.6. The van der Waals surface area contributed by atoms with Crippen molar-refractivity contribution in [3.8, 4) is 5.75 Å². The zero-order valence-electron chi connectivity index (χ0n) is 31.8. The zero-order chi connectivity index (χ0) is 34.8. The fraction of sp³-hybridized carbons (Fsp3) is 0.684. The first-order chi connectivity index (χ1) is 23.2. The Hall–Kier alpha value is 0.340. The number of rotatable bonds is 31. The summed E-state index contributed by atoms with van der Waals surface area (Å²) in [7, 11) is -8.69. The van der Waals surface area contributed by atoms with E-state index in [1.807, 2.05) is 36.4 Å². The Labute approximate surface area is 348 Å². The van der Waals surface area contributed by atoms with Crippen LogP contribution in [0.15, 0.2) is 48.5 Å². The standard InChI is InChI=1S/C38H65NO7P2.2Na/c1-3-5-7-9-11-12-13-14-16-20-24-36-27-31-38(32-28-36)46-47(40,44-33-21-17-18-22-34-45-48(41,42)43)39-37-29-25-35(26-30-37)23-19-15-10-8-6-4-2;;/h25-32H,3-24,33-34H2,1-2H3,(H,39,40)(H2,41,42,43);;/q;2*+1/p-2. The monoisotopic (exact) mass is 753 g/mol. The first-order valence-corrected chi connectivity index (χ1v) is 21.8. The van der Waals surface area contributed by atoms with Gasteiger partial charge in [-0.3, -0.25) is 9.61 Å². The van der Waals surface area contributed by atoms with E-state index in [9.17, 15) is 18.9 Å². The first kappa shape index (κ1) is 50.3. The van der Waals surface area contributed by atoms with E-state index in [1.54, 1.807) is 0 Å². The molecule has 0 aliphatic rings. The Morgan fingerprint density at radius 3 is 1.34 bits per heavy atom. The number of phosphoric acid groups is 1. The molecule has 0 heterocycles. The number of benzene rings is 2. The fourth-order valence-electron chi connectivity index (χ4n) is 5.69. The molecule has 0 bridgehead atoms. The van der Waals surface area contributed by atoms with Crippen LogP contribution in [0, 0.1) is 0 Å². The van der Waals surface area contributed by atoms with Crippen molar-refractivity contribution in [2.75, 3.05) is 18.3 Å². The normalized spacial score (nSPS) is 12.5. The Morgan fingerprint density at radius 1 is 0.520 bits per heavy atom. The quantitative estimate of drug-likeness (QED) is 0.0644. The third kappa shape index (κ3) is 27.0. The van der Waals surface area contributed by atoms with Gasteiger partial charge in [-0.05, 0) is 73.9 Å². The topological polar surface area (TPSA) is 120 Å². The number of hydrogen-bond donors (Lipinski definition) is 1. The number of anilines is 1. The molecule has 0 aliphatic carbocycles.